The van der Waals surface area contributed by atoms with E-state index in [1.165, 1.54) is 17.7 Å². The predicted octanol–water partition coefficient (Wildman–Crippen LogP) is 4.00. The first-order valence-corrected chi connectivity index (χ1v) is 8.92. The van der Waals surface area contributed by atoms with Crippen molar-refractivity contribution >= 4 is 40.3 Å². The fourth-order valence-electron chi connectivity index (χ4n) is 2.54. The van der Waals surface area contributed by atoms with E-state index < -0.39 is 0 Å². The first-order chi connectivity index (χ1) is 9.11. The van der Waals surface area contributed by atoms with Crippen LogP contribution in [0.15, 0.2) is 18.2 Å². The highest BCUT2D eigenvalue weighted by atomic mass is 127. The zero-order valence-electron chi connectivity index (χ0n) is 11.4. The molecule has 0 spiro atoms. The number of nitrogens with one attached hydrogen (secondary N) is 1. The van der Waals surface area contributed by atoms with Crippen LogP contribution in [0.1, 0.15) is 42.1 Å². The second-order valence-electron chi connectivity index (χ2n) is 5.00. The summed E-state index contributed by atoms with van der Waals surface area (Å²) in [5, 5.41) is 3.92. The van der Waals surface area contributed by atoms with Crippen LogP contribution in [0.3, 0.4) is 0 Å². The lowest BCUT2D eigenvalue weighted by Crippen LogP contribution is -2.33. The monoisotopic (exact) mass is 389 g/mol. The smallest absolute Gasteiger partial charge is 0.252 e. The van der Waals surface area contributed by atoms with Crippen molar-refractivity contribution in [2.45, 2.75) is 44.4 Å². The number of halogens is 1. The molecule has 4 heteroatoms. The molecule has 1 amide bonds. The minimum Gasteiger partial charge on any atom is -0.349 e. The second kappa shape index (κ2) is 6.97. The van der Waals surface area contributed by atoms with Crippen molar-refractivity contribution in [3.63, 3.8) is 0 Å². The Morgan fingerprint density at radius 3 is 3.00 bits per heavy atom. The number of aryl methyl sites for hydroxylation is 1. The Labute approximate surface area is 133 Å². The molecule has 19 heavy (non-hydrogen) atoms. The summed E-state index contributed by atoms with van der Waals surface area (Å²) >= 11 is 4.28. The van der Waals surface area contributed by atoms with Crippen LogP contribution in [0.5, 0.6) is 0 Å². The molecule has 104 valence electrons. The van der Waals surface area contributed by atoms with Gasteiger partial charge >= 0.3 is 0 Å². The molecule has 0 radical (unpaired) electrons. The van der Waals surface area contributed by atoms with Crippen LogP contribution in [-0.2, 0) is 0 Å². The SMILES string of the molecule is CCSC1CCC(NC(=O)c2cccc(C)c2I)C1. The molecule has 2 nitrogen and oxygen atoms in total. The first kappa shape index (κ1) is 15.2. The van der Waals surface area contributed by atoms with Crippen molar-refractivity contribution in [3.8, 4) is 0 Å². The standard InChI is InChI=1S/C15H20INOS/c1-3-19-12-8-7-11(9-12)17-15(18)13-6-4-5-10(2)14(13)16/h4-6,11-12H,3,7-9H2,1-2H3,(H,17,18). The van der Waals surface area contributed by atoms with Gasteiger partial charge in [-0.05, 0) is 66.2 Å². The van der Waals surface area contributed by atoms with E-state index in [9.17, 15) is 4.79 Å². The van der Waals surface area contributed by atoms with E-state index in [0.717, 1.165) is 27.2 Å². The Kier molecular flexibility index (Phi) is 5.57. The number of hydrogen-bond acceptors (Lipinski definition) is 2. The Bertz CT molecular complexity index is 463. The minimum atomic E-state index is 0.0836. The normalized spacial score (nSPS) is 22.5. The molecule has 1 fully saturated rings. The molecule has 0 aliphatic heterocycles. The van der Waals surface area contributed by atoms with Crippen LogP contribution >= 0.6 is 34.4 Å². The van der Waals surface area contributed by atoms with Gasteiger partial charge in [0, 0.05) is 14.9 Å². The molecular formula is C15H20INOS. The highest BCUT2D eigenvalue weighted by Gasteiger charge is 2.26. The summed E-state index contributed by atoms with van der Waals surface area (Å²) in [4.78, 5) is 12.3. The van der Waals surface area contributed by atoms with Gasteiger partial charge in [-0.25, -0.2) is 0 Å². The molecule has 2 atom stereocenters. The van der Waals surface area contributed by atoms with Gasteiger partial charge in [-0.1, -0.05) is 19.1 Å². The molecule has 1 saturated carbocycles. The average molecular weight is 389 g/mol. The minimum absolute atomic E-state index is 0.0836. The van der Waals surface area contributed by atoms with E-state index in [2.05, 4.69) is 34.8 Å². The van der Waals surface area contributed by atoms with Gasteiger partial charge in [-0.3, -0.25) is 4.79 Å². The van der Waals surface area contributed by atoms with Gasteiger partial charge in [-0.2, -0.15) is 11.8 Å². The number of amides is 1. The number of benzene rings is 1. The molecular weight excluding hydrogens is 369 g/mol. The number of carbonyl (C=O) groups is 1. The highest BCUT2D eigenvalue weighted by molar-refractivity contribution is 14.1. The molecule has 1 aliphatic rings. The van der Waals surface area contributed by atoms with Crippen molar-refractivity contribution in [2.24, 2.45) is 0 Å². The van der Waals surface area contributed by atoms with Gasteiger partial charge in [0.1, 0.15) is 0 Å². The van der Waals surface area contributed by atoms with Gasteiger partial charge < -0.3 is 5.32 Å². The summed E-state index contributed by atoms with van der Waals surface area (Å²) in [6.45, 7) is 4.24. The van der Waals surface area contributed by atoms with Crippen LogP contribution in [-0.4, -0.2) is 23.0 Å². The lowest BCUT2D eigenvalue weighted by Gasteiger charge is -2.14. The van der Waals surface area contributed by atoms with Crippen molar-refractivity contribution in [1.82, 2.24) is 5.32 Å². The summed E-state index contributed by atoms with van der Waals surface area (Å²) in [5.41, 5.74) is 1.98. The summed E-state index contributed by atoms with van der Waals surface area (Å²) in [6.07, 6.45) is 3.47. The van der Waals surface area contributed by atoms with E-state index in [0.29, 0.717) is 6.04 Å². The summed E-state index contributed by atoms with van der Waals surface area (Å²) in [6, 6.07) is 6.27. The maximum atomic E-state index is 12.3. The Balaban J connectivity index is 1.97. The lowest BCUT2D eigenvalue weighted by molar-refractivity contribution is 0.0937. The summed E-state index contributed by atoms with van der Waals surface area (Å²) < 4.78 is 1.06. The third-order valence-electron chi connectivity index (χ3n) is 3.56. The maximum Gasteiger partial charge on any atom is 0.252 e. The quantitative estimate of drug-likeness (QED) is 0.789. The fraction of sp³-hybridized carbons (Fsp3) is 0.533. The maximum absolute atomic E-state index is 12.3. The number of hydrogen-bond donors (Lipinski definition) is 1. The molecule has 0 saturated heterocycles. The zero-order chi connectivity index (χ0) is 13.8. The first-order valence-electron chi connectivity index (χ1n) is 6.79. The molecule has 0 bridgehead atoms. The van der Waals surface area contributed by atoms with E-state index >= 15 is 0 Å². The average Bonchev–Trinajstić information content (AvgIpc) is 2.80. The molecule has 1 N–H and O–H groups in total. The van der Waals surface area contributed by atoms with Crippen LogP contribution < -0.4 is 5.32 Å². The number of rotatable bonds is 4. The molecule has 2 rings (SSSR count). The fourth-order valence-corrected chi connectivity index (χ4v) is 4.29. The van der Waals surface area contributed by atoms with E-state index in [1.54, 1.807) is 0 Å². The number of carbonyl (C=O) groups excluding carboxylic acids is 1. The van der Waals surface area contributed by atoms with Crippen molar-refractivity contribution in [3.05, 3.63) is 32.9 Å². The van der Waals surface area contributed by atoms with Crippen molar-refractivity contribution < 1.29 is 4.79 Å². The van der Waals surface area contributed by atoms with Gasteiger partial charge in [0.05, 0.1) is 5.56 Å². The van der Waals surface area contributed by atoms with Gasteiger partial charge in [0.25, 0.3) is 5.91 Å². The third-order valence-corrected chi connectivity index (χ3v) is 6.22. The summed E-state index contributed by atoms with van der Waals surface area (Å²) in [7, 11) is 0. The van der Waals surface area contributed by atoms with E-state index in [1.807, 2.05) is 36.9 Å². The van der Waals surface area contributed by atoms with E-state index in [4.69, 9.17) is 0 Å². The van der Waals surface area contributed by atoms with Crippen LogP contribution in [0, 0.1) is 10.5 Å². The van der Waals surface area contributed by atoms with Crippen LogP contribution in [0.25, 0.3) is 0 Å². The van der Waals surface area contributed by atoms with Gasteiger partial charge in [0.15, 0.2) is 0 Å². The van der Waals surface area contributed by atoms with Gasteiger partial charge in [0.2, 0.25) is 0 Å². The largest absolute Gasteiger partial charge is 0.349 e. The third kappa shape index (κ3) is 3.88. The Morgan fingerprint density at radius 1 is 1.47 bits per heavy atom. The highest BCUT2D eigenvalue weighted by Crippen LogP contribution is 2.30. The second-order valence-corrected chi connectivity index (χ2v) is 7.65. The molecule has 0 aromatic heterocycles. The Morgan fingerprint density at radius 2 is 2.26 bits per heavy atom. The van der Waals surface area contributed by atoms with Crippen LogP contribution in [0.2, 0.25) is 0 Å². The molecule has 1 aromatic carbocycles. The van der Waals surface area contributed by atoms with Gasteiger partial charge in [-0.15, -0.1) is 0 Å². The van der Waals surface area contributed by atoms with E-state index in [-0.39, 0.29) is 5.91 Å². The predicted molar refractivity (Wildman–Crippen MR) is 90.9 cm³/mol. The topological polar surface area (TPSA) is 29.1 Å². The van der Waals surface area contributed by atoms with Crippen molar-refractivity contribution in [1.29, 1.82) is 0 Å². The zero-order valence-corrected chi connectivity index (χ0v) is 14.4. The lowest BCUT2D eigenvalue weighted by atomic mass is 10.1. The molecule has 0 heterocycles. The number of thioether (sulfide) groups is 1. The molecule has 1 aromatic rings. The molecule has 1 aliphatic carbocycles. The van der Waals surface area contributed by atoms with Crippen molar-refractivity contribution in [2.75, 3.05) is 5.75 Å². The Hall–Kier alpha value is -0.230. The van der Waals surface area contributed by atoms with Crippen LogP contribution in [0.4, 0.5) is 0 Å². The summed E-state index contributed by atoms with van der Waals surface area (Å²) in [5.74, 6) is 1.25. The molecule has 2 unspecified atom stereocenters.